The highest BCUT2D eigenvalue weighted by atomic mass is 16.6. The molecule has 2 aromatic rings. The summed E-state index contributed by atoms with van der Waals surface area (Å²) in [5, 5.41) is 23.5. The molecule has 4 rings (SSSR count). The zero-order valence-corrected chi connectivity index (χ0v) is 25.9. The van der Waals surface area contributed by atoms with Gasteiger partial charge in [0.25, 0.3) is 0 Å². The minimum absolute atomic E-state index is 0.0622. The molecular formula is C31H44N6O6. The van der Waals surface area contributed by atoms with Crippen LogP contribution in [-0.4, -0.2) is 74.8 Å². The maximum absolute atomic E-state index is 12.1. The van der Waals surface area contributed by atoms with E-state index in [4.69, 9.17) is 31.4 Å². The Kier molecular flexibility index (Phi) is 10.6. The van der Waals surface area contributed by atoms with Gasteiger partial charge in [-0.1, -0.05) is 34.6 Å². The monoisotopic (exact) mass is 596 g/mol. The summed E-state index contributed by atoms with van der Waals surface area (Å²) in [5.41, 5.74) is 16.1. The van der Waals surface area contributed by atoms with E-state index in [1.807, 2.05) is 82.8 Å². The summed E-state index contributed by atoms with van der Waals surface area (Å²) in [6.45, 7) is 14.0. The molecule has 12 nitrogen and oxygen atoms in total. The molecule has 0 saturated carbocycles. The van der Waals surface area contributed by atoms with E-state index in [2.05, 4.69) is 10.3 Å². The van der Waals surface area contributed by atoms with Crippen LogP contribution >= 0.6 is 0 Å². The van der Waals surface area contributed by atoms with Crippen molar-refractivity contribution in [2.75, 3.05) is 19.6 Å². The summed E-state index contributed by atoms with van der Waals surface area (Å²) < 4.78 is 10.7. The zero-order chi connectivity index (χ0) is 31.9. The van der Waals surface area contributed by atoms with Crippen molar-refractivity contribution in [1.29, 1.82) is 0 Å². The van der Waals surface area contributed by atoms with E-state index in [0.29, 0.717) is 30.8 Å². The Bertz CT molecular complexity index is 1380. The molecule has 0 radical (unpaired) electrons. The molecule has 0 aliphatic carbocycles. The van der Waals surface area contributed by atoms with Gasteiger partial charge in [0.05, 0.1) is 6.54 Å². The molecule has 1 amide bonds. The van der Waals surface area contributed by atoms with Crippen molar-refractivity contribution in [2.45, 2.75) is 78.7 Å². The molecule has 0 spiro atoms. The SMILES string of the molecule is CC(C)(C)OC(=O)CN1CCc2ccc(C(N)=NO)cc2C1.CC(C)(C)OC(=O)N1CCc2ccc(C(N)=NO)cc2C1. The van der Waals surface area contributed by atoms with Gasteiger partial charge >= 0.3 is 12.1 Å². The molecule has 6 N–H and O–H groups in total. The number of esters is 1. The van der Waals surface area contributed by atoms with Crippen LogP contribution in [0.15, 0.2) is 46.7 Å². The predicted octanol–water partition coefficient (Wildman–Crippen LogP) is 3.56. The summed E-state index contributed by atoms with van der Waals surface area (Å²) in [6.07, 6.45) is 1.32. The lowest BCUT2D eigenvalue weighted by molar-refractivity contribution is -0.156. The van der Waals surface area contributed by atoms with E-state index in [-0.39, 0.29) is 30.3 Å². The van der Waals surface area contributed by atoms with Crippen LogP contribution in [0.5, 0.6) is 0 Å². The van der Waals surface area contributed by atoms with Crippen molar-refractivity contribution in [3.05, 3.63) is 69.8 Å². The number of nitrogens with zero attached hydrogens (tertiary/aromatic N) is 4. The Balaban J connectivity index is 0.000000236. The van der Waals surface area contributed by atoms with Crippen molar-refractivity contribution in [2.24, 2.45) is 21.8 Å². The maximum Gasteiger partial charge on any atom is 0.410 e. The Morgan fingerprint density at radius 1 is 0.767 bits per heavy atom. The third-order valence-corrected chi connectivity index (χ3v) is 6.75. The molecule has 12 heteroatoms. The minimum atomic E-state index is -0.507. The van der Waals surface area contributed by atoms with Crippen LogP contribution in [0.2, 0.25) is 0 Å². The summed E-state index contributed by atoms with van der Waals surface area (Å²) in [7, 11) is 0. The summed E-state index contributed by atoms with van der Waals surface area (Å²) in [4.78, 5) is 27.8. The van der Waals surface area contributed by atoms with Crippen molar-refractivity contribution in [3.63, 3.8) is 0 Å². The summed E-state index contributed by atoms with van der Waals surface area (Å²) >= 11 is 0. The topological polar surface area (TPSA) is 176 Å². The van der Waals surface area contributed by atoms with Crippen LogP contribution in [0.25, 0.3) is 0 Å². The van der Waals surface area contributed by atoms with Gasteiger partial charge in [-0.05, 0) is 88.8 Å². The molecular weight excluding hydrogens is 552 g/mol. The second kappa shape index (κ2) is 13.8. The number of oxime groups is 2. The molecule has 2 aliphatic rings. The van der Waals surface area contributed by atoms with E-state index >= 15 is 0 Å². The number of hydrogen-bond donors (Lipinski definition) is 4. The standard InChI is InChI=1S/C16H23N3O3.C15H21N3O3/c1-16(2,3)22-14(20)10-19-7-6-11-4-5-12(15(17)18-21)8-13(11)9-19;1-15(2,3)21-14(19)18-7-6-10-4-5-11(13(16)17-20)8-12(10)9-18/h4-5,8,21H,6-7,9-10H2,1-3H3,(H2,17,18);4-5,8,20H,6-7,9H2,1-3H3,(H2,16,17). The number of ether oxygens (including phenoxy) is 2. The molecule has 0 bridgehead atoms. The number of amides is 1. The van der Waals surface area contributed by atoms with E-state index in [1.165, 1.54) is 11.1 Å². The van der Waals surface area contributed by atoms with Gasteiger partial charge in [0, 0.05) is 37.3 Å². The fourth-order valence-electron chi connectivity index (χ4n) is 4.78. The summed E-state index contributed by atoms with van der Waals surface area (Å²) in [6, 6.07) is 11.4. The third kappa shape index (κ3) is 9.88. The molecule has 43 heavy (non-hydrogen) atoms. The van der Waals surface area contributed by atoms with Gasteiger partial charge in [-0.25, -0.2) is 4.79 Å². The number of benzene rings is 2. The van der Waals surface area contributed by atoms with Gasteiger partial charge in [0.2, 0.25) is 0 Å². The molecule has 0 atom stereocenters. The first-order chi connectivity index (χ1) is 20.1. The Hall–Kier alpha value is -4.32. The van der Waals surface area contributed by atoms with Crippen LogP contribution in [-0.2, 0) is 40.2 Å². The summed E-state index contributed by atoms with van der Waals surface area (Å²) in [5.74, 6) is -0.0669. The second-order valence-corrected chi connectivity index (χ2v) is 12.6. The largest absolute Gasteiger partial charge is 0.459 e. The van der Waals surface area contributed by atoms with Gasteiger partial charge in [-0.2, -0.15) is 0 Å². The molecule has 234 valence electrons. The first kappa shape index (κ1) is 33.2. The molecule has 0 aromatic heterocycles. The molecule has 2 heterocycles. The Labute approximate surface area is 252 Å². The van der Waals surface area contributed by atoms with Crippen LogP contribution in [0.3, 0.4) is 0 Å². The molecule has 0 unspecified atom stereocenters. The van der Waals surface area contributed by atoms with E-state index in [0.717, 1.165) is 30.5 Å². The lowest BCUT2D eigenvalue weighted by atomic mass is 9.97. The molecule has 0 saturated heterocycles. The Morgan fingerprint density at radius 2 is 1.26 bits per heavy atom. The fourth-order valence-corrected chi connectivity index (χ4v) is 4.78. The van der Waals surface area contributed by atoms with Crippen molar-refractivity contribution >= 4 is 23.7 Å². The highest BCUT2D eigenvalue weighted by molar-refractivity contribution is 5.97. The second-order valence-electron chi connectivity index (χ2n) is 12.6. The number of nitrogens with two attached hydrogens (primary N) is 2. The highest BCUT2D eigenvalue weighted by Gasteiger charge is 2.26. The van der Waals surface area contributed by atoms with Gasteiger partial charge in [0.1, 0.15) is 11.2 Å². The van der Waals surface area contributed by atoms with Crippen LogP contribution in [0.1, 0.15) is 74.9 Å². The smallest absolute Gasteiger partial charge is 0.410 e. The molecule has 2 aromatic carbocycles. The van der Waals surface area contributed by atoms with E-state index in [9.17, 15) is 9.59 Å². The van der Waals surface area contributed by atoms with Gasteiger partial charge in [0.15, 0.2) is 11.7 Å². The lowest BCUT2D eigenvalue weighted by Gasteiger charge is -2.31. The van der Waals surface area contributed by atoms with Gasteiger partial charge in [-0.15, -0.1) is 0 Å². The quantitative estimate of drug-likeness (QED) is 0.135. The van der Waals surface area contributed by atoms with Crippen LogP contribution in [0, 0.1) is 0 Å². The third-order valence-electron chi connectivity index (χ3n) is 6.75. The first-order valence-electron chi connectivity index (χ1n) is 14.2. The predicted molar refractivity (Wildman–Crippen MR) is 163 cm³/mol. The normalized spacial score (nSPS) is 15.9. The van der Waals surface area contributed by atoms with Crippen LogP contribution < -0.4 is 11.5 Å². The highest BCUT2D eigenvalue weighted by Crippen LogP contribution is 2.23. The van der Waals surface area contributed by atoms with E-state index < -0.39 is 11.2 Å². The van der Waals surface area contributed by atoms with Crippen LogP contribution in [0.4, 0.5) is 4.79 Å². The zero-order valence-electron chi connectivity index (χ0n) is 25.9. The van der Waals surface area contributed by atoms with Crippen molar-refractivity contribution in [1.82, 2.24) is 9.80 Å². The average Bonchev–Trinajstić information content (AvgIpc) is 2.93. The van der Waals surface area contributed by atoms with E-state index in [1.54, 1.807) is 4.90 Å². The molecule has 2 aliphatic heterocycles. The number of carbonyl (C=O) groups is 2. The minimum Gasteiger partial charge on any atom is -0.459 e. The maximum atomic E-state index is 12.1. The molecule has 0 fully saturated rings. The number of carbonyl (C=O) groups excluding carboxylic acids is 2. The number of hydrogen-bond acceptors (Lipinski definition) is 9. The van der Waals surface area contributed by atoms with Gasteiger partial charge < -0.3 is 36.3 Å². The fraction of sp³-hybridized carbons (Fsp3) is 0.484. The van der Waals surface area contributed by atoms with Crippen molar-refractivity contribution in [3.8, 4) is 0 Å². The lowest BCUT2D eigenvalue weighted by Crippen LogP contribution is -2.40. The van der Waals surface area contributed by atoms with Gasteiger partial charge in [-0.3, -0.25) is 9.69 Å². The first-order valence-corrected chi connectivity index (χ1v) is 14.2. The average molecular weight is 597 g/mol. The number of amidine groups is 2. The number of fused-ring (bicyclic) bond motifs is 2. The number of rotatable bonds is 4. The Morgan fingerprint density at radius 3 is 1.74 bits per heavy atom. The van der Waals surface area contributed by atoms with Crippen molar-refractivity contribution < 1.29 is 29.5 Å².